The highest BCUT2D eigenvalue weighted by Crippen LogP contribution is 2.19. The molecule has 0 aliphatic carbocycles. The number of aromatic nitrogens is 1. The number of H-pyrrole nitrogens is 1. The predicted molar refractivity (Wildman–Crippen MR) is 109 cm³/mol. The lowest BCUT2D eigenvalue weighted by Crippen LogP contribution is -2.49. The Kier molecular flexibility index (Phi) is 4.69. The van der Waals surface area contributed by atoms with Gasteiger partial charge < -0.3 is 14.8 Å². The van der Waals surface area contributed by atoms with Crippen LogP contribution in [0.25, 0.3) is 10.9 Å². The van der Waals surface area contributed by atoms with Gasteiger partial charge in [-0.2, -0.15) is 0 Å². The van der Waals surface area contributed by atoms with E-state index in [2.05, 4.69) is 9.88 Å². The Bertz CT molecular complexity index is 1090. The van der Waals surface area contributed by atoms with Crippen molar-refractivity contribution in [3.05, 3.63) is 76.1 Å². The van der Waals surface area contributed by atoms with Crippen LogP contribution in [0.15, 0.2) is 59.4 Å². The van der Waals surface area contributed by atoms with Crippen LogP contribution in [0.4, 0.5) is 5.69 Å². The van der Waals surface area contributed by atoms with Crippen LogP contribution >= 0.6 is 0 Å². The first kappa shape index (κ1) is 18.0. The van der Waals surface area contributed by atoms with Crippen LogP contribution in [0.2, 0.25) is 0 Å². The highest BCUT2D eigenvalue weighted by Gasteiger charge is 2.24. The van der Waals surface area contributed by atoms with E-state index >= 15 is 0 Å². The lowest BCUT2D eigenvalue weighted by Gasteiger charge is -2.36. The molecule has 0 radical (unpaired) electrons. The third kappa shape index (κ3) is 3.41. The monoisotopic (exact) mass is 375 g/mol. The molecule has 142 valence electrons. The second kappa shape index (κ2) is 7.31. The van der Waals surface area contributed by atoms with Gasteiger partial charge in [-0.25, -0.2) is 0 Å². The van der Waals surface area contributed by atoms with Gasteiger partial charge in [0.15, 0.2) is 5.78 Å². The van der Waals surface area contributed by atoms with Crippen molar-refractivity contribution in [1.29, 1.82) is 0 Å². The number of nitrogens with zero attached hydrogens (tertiary/aromatic N) is 2. The van der Waals surface area contributed by atoms with E-state index in [9.17, 15) is 14.4 Å². The van der Waals surface area contributed by atoms with Gasteiger partial charge in [-0.15, -0.1) is 0 Å². The molecule has 1 N–H and O–H groups in total. The number of hydrogen-bond acceptors (Lipinski definition) is 4. The molecule has 0 unspecified atom stereocenters. The minimum Gasteiger partial charge on any atom is -0.368 e. The number of carbonyl (C=O) groups excluding carboxylic acids is 2. The molecule has 3 aromatic rings. The number of anilines is 1. The Morgan fingerprint density at radius 3 is 2.29 bits per heavy atom. The number of hydrogen-bond donors (Lipinski definition) is 1. The first-order chi connectivity index (χ1) is 13.5. The summed E-state index contributed by atoms with van der Waals surface area (Å²) in [5, 5.41) is 0.842. The molecule has 6 nitrogen and oxygen atoms in total. The van der Waals surface area contributed by atoms with E-state index in [4.69, 9.17) is 0 Å². The Labute approximate surface area is 162 Å². The van der Waals surface area contributed by atoms with Gasteiger partial charge in [0.25, 0.3) is 11.5 Å². The van der Waals surface area contributed by atoms with Crippen LogP contribution < -0.4 is 10.5 Å². The summed E-state index contributed by atoms with van der Waals surface area (Å²) in [4.78, 5) is 43.3. The minimum absolute atomic E-state index is 0.0440. The van der Waals surface area contributed by atoms with Crippen LogP contribution in [-0.4, -0.2) is 47.8 Å². The highest BCUT2D eigenvalue weighted by molar-refractivity contribution is 5.97. The summed E-state index contributed by atoms with van der Waals surface area (Å²) in [6, 6.07) is 16.6. The predicted octanol–water partition coefficient (Wildman–Crippen LogP) is 2.69. The average molecular weight is 375 g/mol. The summed E-state index contributed by atoms with van der Waals surface area (Å²) in [5.74, 6) is -0.193. The third-order valence-corrected chi connectivity index (χ3v) is 5.19. The van der Waals surface area contributed by atoms with E-state index in [1.165, 1.54) is 0 Å². The zero-order valence-corrected chi connectivity index (χ0v) is 15.6. The number of aromatic amines is 1. The molecular formula is C22H21N3O3. The number of carbonyl (C=O) groups is 2. The molecule has 4 rings (SSSR count). The van der Waals surface area contributed by atoms with Crippen molar-refractivity contribution >= 4 is 28.3 Å². The van der Waals surface area contributed by atoms with Gasteiger partial charge in [-0.1, -0.05) is 18.2 Å². The van der Waals surface area contributed by atoms with E-state index in [0.717, 1.165) is 16.6 Å². The summed E-state index contributed by atoms with van der Waals surface area (Å²) >= 11 is 0. The largest absolute Gasteiger partial charge is 0.368 e. The standard InChI is InChI=1S/C22H21N3O3/c1-15(26)16-6-8-18(9-7-16)24-10-12-25(13-11-24)22(28)19-14-17-4-2-3-5-20(17)23-21(19)27/h2-9,14H,10-13H2,1H3,(H,23,27). The number of pyridine rings is 1. The number of ketones is 1. The summed E-state index contributed by atoms with van der Waals surface area (Å²) in [6.07, 6.45) is 0. The molecule has 1 fully saturated rings. The number of piperazine rings is 1. The van der Waals surface area contributed by atoms with Crippen molar-refractivity contribution in [3.63, 3.8) is 0 Å². The molecule has 0 saturated carbocycles. The van der Waals surface area contributed by atoms with Crippen LogP contribution in [0, 0.1) is 0 Å². The Balaban J connectivity index is 1.47. The normalized spacial score (nSPS) is 14.3. The number of nitrogens with one attached hydrogen (secondary N) is 1. The van der Waals surface area contributed by atoms with E-state index in [1.54, 1.807) is 17.9 Å². The van der Waals surface area contributed by atoms with E-state index in [-0.39, 0.29) is 22.8 Å². The molecule has 0 spiro atoms. The number of rotatable bonds is 3. The van der Waals surface area contributed by atoms with Crippen LogP contribution in [0.5, 0.6) is 0 Å². The van der Waals surface area contributed by atoms with Crippen LogP contribution in [0.3, 0.4) is 0 Å². The molecule has 1 aromatic heterocycles. The molecular weight excluding hydrogens is 354 g/mol. The number of fused-ring (bicyclic) bond motifs is 1. The van der Waals surface area contributed by atoms with E-state index in [1.807, 2.05) is 48.5 Å². The molecule has 1 saturated heterocycles. The summed E-state index contributed by atoms with van der Waals surface area (Å²) in [6.45, 7) is 3.99. The molecule has 2 heterocycles. The Morgan fingerprint density at radius 1 is 0.929 bits per heavy atom. The van der Waals surface area contributed by atoms with Gasteiger partial charge in [-0.05, 0) is 48.7 Å². The Hall–Kier alpha value is -3.41. The fourth-order valence-electron chi connectivity index (χ4n) is 3.55. The molecule has 0 bridgehead atoms. The number of para-hydroxylation sites is 1. The van der Waals surface area contributed by atoms with Gasteiger partial charge in [0.2, 0.25) is 0 Å². The maximum atomic E-state index is 12.9. The van der Waals surface area contributed by atoms with Crippen molar-refractivity contribution in [2.75, 3.05) is 31.1 Å². The second-order valence-electron chi connectivity index (χ2n) is 6.98. The van der Waals surface area contributed by atoms with Crippen molar-refractivity contribution in [2.24, 2.45) is 0 Å². The quantitative estimate of drug-likeness (QED) is 0.715. The molecule has 0 atom stereocenters. The highest BCUT2D eigenvalue weighted by atomic mass is 16.2. The smallest absolute Gasteiger partial charge is 0.261 e. The first-order valence-electron chi connectivity index (χ1n) is 9.30. The van der Waals surface area contributed by atoms with Gasteiger partial charge in [0, 0.05) is 42.9 Å². The van der Waals surface area contributed by atoms with Crippen molar-refractivity contribution in [1.82, 2.24) is 9.88 Å². The molecule has 1 amide bonds. The maximum absolute atomic E-state index is 12.9. The van der Waals surface area contributed by atoms with Crippen molar-refractivity contribution in [3.8, 4) is 0 Å². The van der Waals surface area contributed by atoms with Gasteiger partial charge >= 0.3 is 0 Å². The number of amides is 1. The summed E-state index contributed by atoms with van der Waals surface area (Å²) in [7, 11) is 0. The zero-order valence-electron chi connectivity index (χ0n) is 15.6. The molecule has 6 heteroatoms. The third-order valence-electron chi connectivity index (χ3n) is 5.19. The molecule has 1 aliphatic heterocycles. The molecule has 1 aliphatic rings. The fraction of sp³-hybridized carbons (Fsp3) is 0.227. The average Bonchev–Trinajstić information content (AvgIpc) is 2.73. The topological polar surface area (TPSA) is 73.5 Å². The lowest BCUT2D eigenvalue weighted by molar-refractivity contribution is 0.0745. The first-order valence-corrected chi connectivity index (χ1v) is 9.30. The SMILES string of the molecule is CC(=O)c1ccc(N2CCN(C(=O)c3cc4ccccc4[nH]c3=O)CC2)cc1. The van der Waals surface area contributed by atoms with Gasteiger partial charge in [-0.3, -0.25) is 14.4 Å². The fourth-order valence-corrected chi connectivity index (χ4v) is 3.55. The van der Waals surface area contributed by atoms with Gasteiger partial charge in [0.05, 0.1) is 0 Å². The second-order valence-corrected chi connectivity index (χ2v) is 6.98. The molecule has 2 aromatic carbocycles. The number of Topliss-reactive ketones (excluding diaryl/α,β-unsaturated/α-hetero) is 1. The van der Waals surface area contributed by atoms with Crippen LogP contribution in [0.1, 0.15) is 27.6 Å². The Morgan fingerprint density at radius 2 is 1.61 bits per heavy atom. The molecule has 28 heavy (non-hydrogen) atoms. The van der Waals surface area contributed by atoms with E-state index in [0.29, 0.717) is 31.7 Å². The minimum atomic E-state index is -0.356. The van der Waals surface area contributed by atoms with Crippen molar-refractivity contribution in [2.45, 2.75) is 6.92 Å². The zero-order chi connectivity index (χ0) is 19.7. The van der Waals surface area contributed by atoms with Gasteiger partial charge in [0.1, 0.15) is 5.56 Å². The summed E-state index contributed by atoms with van der Waals surface area (Å²) in [5.41, 5.74) is 2.26. The lowest BCUT2D eigenvalue weighted by atomic mass is 10.1. The van der Waals surface area contributed by atoms with Crippen LogP contribution in [-0.2, 0) is 0 Å². The number of benzene rings is 2. The summed E-state index contributed by atoms with van der Waals surface area (Å²) < 4.78 is 0. The van der Waals surface area contributed by atoms with Crippen molar-refractivity contribution < 1.29 is 9.59 Å². The van der Waals surface area contributed by atoms with E-state index < -0.39 is 0 Å². The maximum Gasteiger partial charge on any atom is 0.261 e.